The molecule has 0 spiro atoms. The van der Waals surface area contributed by atoms with Crippen LogP contribution >= 0.6 is 0 Å². The Balaban J connectivity index is 1.91. The van der Waals surface area contributed by atoms with E-state index >= 15 is 0 Å². The number of benzene rings is 2. The van der Waals surface area contributed by atoms with E-state index in [2.05, 4.69) is 20.7 Å². The van der Waals surface area contributed by atoms with E-state index in [1.807, 2.05) is 0 Å². The minimum atomic E-state index is -3.97. The summed E-state index contributed by atoms with van der Waals surface area (Å²) < 4.78 is 24.0. The van der Waals surface area contributed by atoms with Gasteiger partial charge in [-0.15, -0.1) is 5.10 Å². The predicted molar refractivity (Wildman–Crippen MR) is 105 cm³/mol. The lowest BCUT2D eigenvalue weighted by Crippen LogP contribution is -2.44. The molecule has 0 radical (unpaired) electrons. The lowest BCUT2D eigenvalue weighted by atomic mass is 9.98. The summed E-state index contributed by atoms with van der Waals surface area (Å²) in [6.45, 7) is 1.64. The van der Waals surface area contributed by atoms with E-state index in [1.165, 1.54) is 13.0 Å². The third kappa shape index (κ3) is 4.54. The Kier molecular flexibility index (Phi) is 5.84. The maximum atomic E-state index is 12.0. The number of carbonyl (C=O) groups is 1. The molecule has 0 fully saturated rings. The first kappa shape index (κ1) is 20.7. The van der Waals surface area contributed by atoms with E-state index in [4.69, 9.17) is 10.2 Å². The molecule has 0 amide bonds. The van der Waals surface area contributed by atoms with Gasteiger partial charge in [0.05, 0.1) is 11.0 Å². The van der Waals surface area contributed by atoms with Gasteiger partial charge in [0.25, 0.3) is 0 Å². The molecule has 11 heteroatoms. The molecule has 29 heavy (non-hydrogen) atoms. The van der Waals surface area contributed by atoms with E-state index < -0.39 is 28.1 Å². The summed E-state index contributed by atoms with van der Waals surface area (Å²) in [6, 6.07) is 10.8. The van der Waals surface area contributed by atoms with Crippen molar-refractivity contribution < 1.29 is 23.4 Å². The Morgan fingerprint density at radius 2 is 1.90 bits per heavy atom. The first-order valence-corrected chi connectivity index (χ1v) is 10.2. The van der Waals surface area contributed by atoms with Gasteiger partial charge in [0.2, 0.25) is 10.0 Å². The van der Waals surface area contributed by atoms with E-state index in [-0.39, 0.29) is 11.4 Å². The van der Waals surface area contributed by atoms with E-state index in [0.717, 1.165) is 11.1 Å². The first-order chi connectivity index (χ1) is 13.7. The Hall–Kier alpha value is -2.99. The van der Waals surface area contributed by atoms with Crippen LogP contribution in [0.2, 0.25) is 0 Å². The van der Waals surface area contributed by atoms with Crippen LogP contribution in [0.5, 0.6) is 0 Å². The first-order valence-electron chi connectivity index (χ1n) is 8.67. The summed E-state index contributed by atoms with van der Waals surface area (Å²) in [5.41, 5.74) is 2.51. The van der Waals surface area contributed by atoms with Crippen LogP contribution in [0.15, 0.2) is 47.4 Å². The Morgan fingerprint density at radius 1 is 1.24 bits per heavy atom. The molecule has 0 aliphatic rings. The summed E-state index contributed by atoms with van der Waals surface area (Å²) in [5.74, 6) is -0.778. The second kappa shape index (κ2) is 8.17. The molecule has 0 aliphatic carbocycles. The number of nitrogens with two attached hydrogens (primary N) is 1. The van der Waals surface area contributed by atoms with Gasteiger partial charge < -0.3 is 10.2 Å². The van der Waals surface area contributed by atoms with Crippen LogP contribution in [0.4, 0.5) is 0 Å². The van der Waals surface area contributed by atoms with Gasteiger partial charge in [-0.05, 0) is 29.7 Å². The van der Waals surface area contributed by atoms with Crippen LogP contribution in [0, 0.1) is 0 Å². The predicted octanol–water partition coefficient (Wildman–Crippen LogP) is 0.643. The molecule has 0 saturated carbocycles. The van der Waals surface area contributed by atoms with Crippen molar-refractivity contribution in [2.24, 2.45) is 5.14 Å². The van der Waals surface area contributed by atoms with Crippen LogP contribution in [-0.2, 0) is 21.4 Å². The monoisotopic (exact) mass is 419 g/mol. The number of hydrogen-bond acceptors (Lipinski definition) is 6. The number of hydrogen-bond donors (Lipinski definition) is 6. The molecule has 3 aromatic rings. The number of primary sulfonamides is 1. The maximum Gasteiger partial charge on any atom is 0.323 e. The summed E-state index contributed by atoms with van der Waals surface area (Å²) in [7, 11) is -3.97. The molecule has 3 rings (SSSR count). The maximum absolute atomic E-state index is 12.0. The van der Waals surface area contributed by atoms with Crippen molar-refractivity contribution in [3.63, 3.8) is 0 Å². The number of aromatic nitrogens is 3. The number of nitrogens with zero attached hydrogens (tertiary/aromatic N) is 1. The third-order valence-corrected chi connectivity index (χ3v) is 5.40. The number of aliphatic carboxylic acids is 1. The molecule has 7 N–H and O–H groups in total. The van der Waals surface area contributed by atoms with Gasteiger partial charge in [0.15, 0.2) is 5.82 Å². The van der Waals surface area contributed by atoms with Crippen molar-refractivity contribution in [3.8, 4) is 22.5 Å². The van der Waals surface area contributed by atoms with Crippen LogP contribution in [0.25, 0.3) is 22.5 Å². The highest BCUT2D eigenvalue weighted by Gasteiger charge is 2.23. The molecular formula is C18H21N5O5S. The Morgan fingerprint density at radius 3 is 2.38 bits per heavy atom. The largest absolute Gasteiger partial charge is 0.480 e. The van der Waals surface area contributed by atoms with Gasteiger partial charge in [-0.2, -0.15) is 0 Å². The number of aliphatic hydroxyl groups excluding tert-OH is 1. The highest BCUT2D eigenvalue weighted by atomic mass is 32.2. The highest BCUT2D eigenvalue weighted by Crippen LogP contribution is 2.35. The van der Waals surface area contributed by atoms with Crippen molar-refractivity contribution >= 4 is 16.0 Å². The van der Waals surface area contributed by atoms with Gasteiger partial charge >= 0.3 is 5.97 Å². The molecule has 2 unspecified atom stereocenters. The number of aromatic amines is 2. The van der Waals surface area contributed by atoms with Crippen molar-refractivity contribution in [1.29, 1.82) is 0 Å². The van der Waals surface area contributed by atoms with Crippen molar-refractivity contribution in [1.82, 2.24) is 20.7 Å². The van der Waals surface area contributed by atoms with Gasteiger partial charge in [-0.1, -0.05) is 36.4 Å². The molecule has 2 aromatic carbocycles. The highest BCUT2D eigenvalue weighted by molar-refractivity contribution is 7.89. The summed E-state index contributed by atoms with van der Waals surface area (Å²) in [4.78, 5) is 11.1. The molecule has 0 saturated heterocycles. The fourth-order valence-corrected chi connectivity index (χ4v) is 3.74. The topological polar surface area (TPSA) is 174 Å². The van der Waals surface area contributed by atoms with Crippen LogP contribution in [0.1, 0.15) is 12.5 Å². The summed E-state index contributed by atoms with van der Waals surface area (Å²) in [5, 5.41) is 36.0. The van der Waals surface area contributed by atoms with E-state index in [1.54, 1.807) is 36.4 Å². The lowest BCUT2D eigenvalue weighted by molar-refractivity contribution is -0.142. The second-order valence-corrected chi connectivity index (χ2v) is 8.09. The zero-order chi connectivity index (χ0) is 21.2. The number of aliphatic hydroxyl groups is 1. The Labute approximate surface area is 166 Å². The number of nitrogens with one attached hydrogen (secondary N) is 3. The fourth-order valence-electron chi connectivity index (χ4n) is 2.98. The molecule has 10 nitrogen and oxygen atoms in total. The minimum absolute atomic E-state index is 0.0465. The minimum Gasteiger partial charge on any atom is -0.480 e. The molecule has 154 valence electrons. The van der Waals surface area contributed by atoms with Crippen LogP contribution < -0.4 is 10.5 Å². The van der Waals surface area contributed by atoms with Crippen molar-refractivity contribution in [3.05, 3.63) is 48.0 Å². The quantitative estimate of drug-likeness (QED) is 0.310. The average molecular weight is 419 g/mol. The number of sulfonamides is 1. The molecule has 2 atom stereocenters. The van der Waals surface area contributed by atoms with Gasteiger partial charge in [-0.25, -0.2) is 18.8 Å². The molecule has 1 aromatic heterocycles. The molecule has 0 bridgehead atoms. The Bertz CT molecular complexity index is 1090. The molecule has 1 heterocycles. The van der Waals surface area contributed by atoms with Gasteiger partial charge in [0, 0.05) is 12.1 Å². The van der Waals surface area contributed by atoms with Gasteiger partial charge in [0.1, 0.15) is 6.04 Å². The summed E-state index contributed by atoms with van der Waals surface area (Å²) in [6.07, 6.45) is -1.04. The normalized spacial score (nSPS) is 13.9. The average Bonchev–Trinajstić information content (AvgIpc) is 2.60. The molecular weight excluding hydrogens is 398 g/mol. The van der Waals surface area contributed by atoms with E-state index in [0.29, 0.717) is 17.0 Å². The standard InChI is InChI=1S/C18H21N5O5S/c1-10(24)16(18(25)26)20-9-11-5-7-12(8-6-11)13-3-2-4-14(29(19,27)28)15(13)17-21-23-22-17/h2-8,10,16,20,23-24H,9H2,1H3,(H,21,22)(H,25,26)(H2,19,27,28). The number of H-pyrrole nitrogens is 2. The van der Waals surface area contributed by atoms with Gasteiger partial charge in [-0.3, -0.25) is 15.2 Å². The SMILES string of the molecule is CC(O)C(NCc1ccc(-c2cccc(S(N)(=O)=O)c2-c2n[nH][nH]2)cc1)C(=O)O. The van der Waals surface area contributed by atoms with Crippen molar-refractivity contribution in [2.45, 2.75) is 30.5 Å². The number of carboxylic acid groups (broad SMARTS) is 1. The third-order valence-electron chi connectivity index (χ3n) is 4.45. The van der Waals surface area contributed by atoms with E-state index in [9.17, 15) is 18.3 Å². The van der Waals surface area contributed by atoms with Crippen LogP contribution in [0.3, 0.4) is 0 Å². The number of carboxylic acids is 1. The zero-order valence-corrected chi connectivity index (χ0v) is 16.3. The number of rotatable bonds is 8. The van der Waals surface area contributed by atoms with Crippen LogP contribution in [-0.4, -0.2) is 52.2 Å². The van der Waals surface area contributed by atoms with Crippen molar-refractivity contribution in [2.75, 3.05) is 0 Å². The molecule has 0 aliphatic heterocycles. The summed E-state index contributed by atoms with van der Waals surface area (Å²) >= 11 is 0. The second-order valence-electron chi connectivity index (χ2n) is 6.56. The smallest absolute Gasteiger partial charge is 0.323 e. The zero-order valence-electron chi connectivity index (χ0n) is 15.5. The lowest BCUT2D eigenvalue weighted by Gasteiger charge is -2.17. The fraction of sp³-hybridized carbons (Fsp3) is 0.222.